The summed E-state index contributed by atoms with van der Waals surface area (Å²) in [6, 6.07) is 1.70. The van der Waals surface area contributed by atoms with Gasteiger partial charge in [-0.15, -0.1) is 0 Å². The number of aromatic nitrogens is 4. The zero-order chi connectivity index (χ0) is 12.4. The molecule has 0 aliphatic carbocycles. The fraction of sp³-hybridized carbons (Fsp3) is 0.364. The fourth-order valence-corrected chi connectivity index (χ4v) is 1.68. The van der Waals surface area contributed by atoms with Crippen molar-refractivity contribution >= 4 is 11.6 Å². The zero-order valence-corrected chi connectivity index (χ0v) is 9.92. The number of nitrogen functional groups attached to an aromatic ring is 1. The molecule has 0 atom stereocenters. The molecule has 0 spiro atoms. The molecule has 6 nitrogen and oxygen atoms in total. The van der Waals surface area contributed by atoms with E-state index < -0.39 is 0 Å². The standard InChI is InChI=1S/C11H15N5O/c1-3-6-16-9(4-5-13-16)10(17)8-7-14-15(2)11(8)12/h4-5,7H,3,6,12H2,1-2H3. The minimum Gasteiger partial charge on any atom is -0.383 e. The van der Waals surface area contributed by atoms with E-state index in [-0.39, 0.29) is 5.78 Å². The Morgan fingerprint density at radius 3 is 2.82 bits per heavy atom. The Bertz CT molecular complexity index is 540. The van der Waals surface area contributed by atoms with E-state index in [0.717, 1.165) is 6.42 Å². The van der Waals surface area contributed by atoms with Crippen LogP contribution in [0.1, 0.15) is 29.4 Å². The number of nitrogens with two attached hydrogens (primary N) is 1. The van der Waals surface area contributed by atoms with Crippen molar-refractivity contribution in [3.05, 3.63) is 29.7 Å². The summed E-state index contributed by atoms with van der Waals surface area (Å²) in [5.74, 6) is 0.237. The van der Waals surface area contributed by atoms with Gasteiger partial charge in [-0.05, 0) is 12.5 Å². The molecule has 0 aromatic carbocycles. The lowest BCUT2D eigenvalue weighted by molar-refractivity contribution is 0.102. The van der Waals surface area contributed by atoms with Gasteiger partial charge in [0.2, 0.25) is 5.78 Å². The van der Waals surface area contributed by atoms with E-state index in [9.17, 15) is 4.79 Å². The van der Waals surface area contributed by atoms with E-state index in [0.29, 0.717) is 23.6 Å². The van der Waals surface area contributed by atoms with Crippen LogP contribution in [0.4, 0.5) is 5.82 Å². The first-order chi connectivity index (χ1) is 8.15. The van der Waals surface area contributed by atoms with Crippen molar-refractivity contribution in [1.82, 2.24) is 19.6 Å². The van der Waals surface area contributed by atoms with E-state index in [4.69, 9.17) is 5.73 Å². The number of carbonyl (C=O) groups is 1. The third-order valence-electron chi connectivity index (χ3n) is 2.61. The molecule has 0 bridgehead atoms. The lowest BCUT2D eigenvalue weighted by Crippen LogP contribution is -2.12. The Hall–Kier alpha value is -2.11. The highest BCUT2D eigenvalue weighted by molar-refractivity contribution is 6.10. The second-order valence-corrected chi connectivity index (χ2v) is 3.84. The van der Waals surface area contributed by atoms with Gasteiger partial charge in [0.1, 0.15) is 11.5 Å². The molecule has 2 aromatic heterocycles. The van der Waals surface area contributed by atoms with Gasteiger partial charge in [0.25, 0.3) is 0 Å². The summed E-state index contributed by atoms with van der Waals surface area (Å²) in [6.45, 7) is 2.75. The summed E-state index contributed by atoms with van der Waals surface area (Å²) in [5.41, 5.74) is 6.75. The first-order valence-corrected chi connectivity index (χ1v) is 5.49. The molecule has 0 aliphatic rings. The minimum absolute atomic E-state index is 0.137. The molecule has 0 fully saturated rings. The Kier molecular flexibility index (Phi) is 2.95. The average molecular weight is 233 g/mol. The summed E-state index contributed by atoms with van der Waals surface area (Å²) in [4.78, 5) is 12.2. The predicted octanol–water partition coefficient (Wildman–Crippen LogP) is 0.840. The molecule has 0 unspecified atom stereocenters. The molecule has 90 valence electrons. The van der Waals surface area contributed by atoms with Crippen LogP contribution in [0.15, 0.2) is 18.5 Å². The van der Waals surface area contributed by atoms with Gasteiger partial charge in [-0.25, -0.2) is 0 Å². The van der Waals surface area contributed by atoms with Gasteiger partial charge in [0.05, 0.1) is 11.8 Å². The van der Waals surface area contributed by atoms with Crippen LogP contribution in [-0.4, -0.2) is 25.3 Å². The molecule has 6 heteroatoms. The van der Waals surface area contributed by atoms with Crippen molar-refractivity contribution < 1.29 is 4.79 Å². The number of ketones is 1. The molecule has 0 saturated carbocycles. The molecule has 2 heterocycles. The molecular weight excluding hydrogens is 218 g/mol. The van der Waals surface area contributed by atoms with Crippen LogP contribution in [0.25, 0.3) is 0 Å². The molecule has 0 aliphatic heterocycles. The van der Waals surface area contributed by atoms with E-state index in [1.807, 2.05) is 6.92 Å². The number of nitrogens with zero attached hydrogens (tertiary/aromatic N) is 4. The topological polar surface area (TPSA) is 78.7 Å². The second-order valence-electron chi connectivity index (χ2n) is 3.84. The van der Waals surface area contributed by atoms with Gasteiger partial charge >= 0.3 is 0 Å². The van der Waals surface area contributed by atoms with Crippen LogP contribution in [0.2, 0.25) is 0 Å². The van der Waals surface area contributed by atoms with Crippen molar-refractivity contribution in [3.8, 4) is 0 Å². The van der Waals surface area contributed by atoms with Gasteiger partial charge in [-0.3, -0.25) is 14.2 Å². The Balaban J connectivity index is 2.37. The normalized spacial score (nSPS) is 10.7. The molecule has 2 N–H and O–H groups in total. The number of hydrogen-bond donors (Lipinski definition) is 1. The van der Waals surface area contributed by atoms with Crippen molar-refractivity contribution in [2.45, 2.75) is 19.9 Å². The number of carbonyl (C=O) groups excluding carboxylic acids is 1. The zero-order valence-electron chi connectivity index (χ0n) is 9.92. The highest BCUT2D eigenvalue weighted by Gasteiger charge is 2.19. The Labute approximate surface area is 99.0 Å². The third kappa shape index (κ3) is 1.93. The second kappa shape index (κ2) is 4.40. The van der Waals surface area contributed by atoms with Crippen LogP contribution in [-0.2, 0) is 13.6 Å². The summed E-state index contributed by atoms with van der Waals surface area (Å²) < 4.78 is 3.17. The van der Waals surface area contributed by atoms with Crippen LogP contribution in [0.3, 0.4) is 0 Å². The smallest absolute Gasteiger partial charge is 0.216 e. The quantitative estimate of drug-likeness (QED) is 0.794. The predicted molar refractivity (Wildman–Crippen MR) is 63.6 cm³/mol. The van der Waals surface area contributed by atoms with Crippen LogP contribution >= 0.6 is 0 Å². The number of hydrogen-bond acceptors (Lipinski definition) is 4. The summed E-state index contributed by atoms with van der Waals surface area (Å²) >= 11 is 0. The minimum atomic E-state index is -0.137. The summed E-state index contributed by atoms with van der Waals surface area (Å²) in [7, 11) is 1.70. The monoisotopic (exact) mass is 233 g/mol. The van der Waals surface area contributed by atoms with Crippen molar-refractivity contribution in [3.63, 3.8) is 0 Å². The number of rotatable bonds is 4. The molecular formula is C11H15N5O. The van der Waals surface area contributed by atoms with E-state index >= 15 is 0 Å². The average Bonchev–Trinajstić information content (AvgIpc) is 2.88. The van der Waals surface area contributed by atoms with E-state index in [1.165, 1.54) is 10.9 Å². The largest absolute Gasteiger partial charge is 0.383 e. The maximum Gasteiger partial charge on any atom is 0.216 e. The molecule has 0 radical (unpaired) electrons. The molecule has 0 amide bonds. The van der Waals surface area contributed by atoms with E-state index in [1.54, 1.807) is 24.0 Å². The first kappa shape index (κ1) is 11.4. The van der Waals surface area contributed by atoms with Crippen LogP contribution in [0.5, 0.6) is 0 Å². The van der Waals surface area contributed by atoms with E-state index in [2.05, 4.69) is 10.2 Å². The van der Waals surface area contributed by atoms with Crippen molar-refractivity contribution in [2.75, 3.05) is 5.73 Å². The van der Waals surface area contributed by atoms with Gasteiger partial charge in [0.15, 0.2) is 0 Å². The summed E-state index contributed by atoms with van der Waals surface area (Å²) in [5, 5.41) is 8.08. The number of aryl methyl sites for hydroxylation is 2. The molecule has 2 rings (SSSR count). The Morgan fingerprint density at radius 1 is 1.47 bits per heavy atom. The van der Waals surface area contributed by atoms with Gasteiger partial charge in [0, 0.05) is 19.8 Å². The third-order valence-corrected chi connectivity index (χ3v) is 2.61. The van der Waals surface area contributed by atoms with Crippen molar-refractivity contribution in [1.29, 1.82) is 0 Å². The molecule has 2 aromatic rings. The maximum atomic E-state index is 12.2. The lowest BCUT2D eigenvalue weighted by atomic mass is 10.1. The molecule has 17 heavy (non-hydrogen) atoms. The fourth-order valence-electron chi connectivity index (χ4n) is 1.68. The number of anilines is 1. The van der Waals surface area contributed by atoms with Gasteiger partial charge < -0.3 is 5.73 Å². The summed E-state index contributed by atoms with van der Waals surface area (Å²) in [6.07, 6.45) is 4.03. The maximum absolute atomic E-state index is 12.2. The van der Waals surface area contributed by atoms with Crippen LogP contribution < -0.4 is 5.73 Å². The lowest BCUT2D eigenvalue weighted by Gasteiger charge is -2.04. The van der Waals surface area contributed by atoms with Crippen LogP contribution in [0, 0.1) is 0 Å². The highest BCUT2D eigenvalue weighted by Crippen LogP contribution is 2.15. The molecule has 0 saturated heterocycles. The highest BCUT2D eigenvalue weighted by atomic mass is 16.1. The van der Waals surface area contributed by atoms with Crippen molar-refractivity contribution in [2.24, 2.45) is 7.05 Å². The SMILES string of the molecule is CCCn1nccc1C(=O)c1cnn(C)c1N. The first-order valence-electron chi connectivity index (χ1n) is 5.49. The van der Waals surface area contributed by atoms with Gasteiger partial charge in [-0.1, -0.05) is 6.92 Å². The Morgan fingerprint density at radius 2 is 2.24 bits per heavy atom. The van der Waals surface area contributed by atoms with Gasteiger partial charge in [-0.2, -0.15) is 10.2 Å².